The number of benzene rings is 2. The van der Waals surface area contributed by atoms with E-state index in [0.29, 0.717) is 16.5 Å². The summed E-state index contributed by atoms with van der Waals surface area (Å²) in [6.45, 7) is 5.98. The van der Waals surface area contributed by atoms with Crippen molar-refractivity contribution in [2.75, 3.05) is 23.9 Å². The van der Waals surface area contributed by atoms with Gasteiger partial charge in [-0.15, -0.1) is 0 Å². The van der Waals surface area contributed by atoms with Crippen molar-refractivity contribution in [1.29, 1.82) is 0 Å². The van der Waals surface area contributed by atoms with E-state index in [1.54, 1.807) is 56.8 Å². The zero-order valence-electron chi connectivity index (χ0n) is 21.1. The van der Waals surface area contributed by atoms with E-state index < -0.39 is 28.1 Å². The number of likely N-dealkylation sites (tertiary alicyclic amines) is 1. The molecule has 0 aliphatic carbocycles. The van der Waals surface area contributed by atoms with Crippen LogP contribution < -0.4 is 4.31 Å². The fraction of sp³-hybridized carbons (Fsp3) is 0.385. The number of esters is 1. The van der Waals surface area contributed by atoms with E-state index in [0.717, 1.165) is 30.2 Å². The molecule has 2 aromatic carbocycles. The average molecular weight is 567 g/mol. The van der Waals surface area contributed by atoms with Gasteiger partial charge in [0.1, 0.15) is 12.1 Å². The summed E-state index contributed by atoms with van der Waals surface area (Å²) in [5.41, 5.74) is 0.622. The average Bonchev–Trinajstić information content (AvgIpc) is 3.43. The molecule has 0 saturated carbocycles. The molecule has 1 aromatic heterocycles. The van der Waals surface area contributed by atoms with Gasteiger partial charge in [0.15, 0.2) is 0 Å². The largest absolute Gasteiger partial charge is 0.459 e. The van der Waals surface area contributed by atoms with Gasteiger partial charge in [0.05, 0.1) is 21.7 Å². The van der Waals surface area contributed by atoms with Crippen molar-refractivity contribution in [1.82, 2.24) is 9.47 Å². The summed E-state index contributed by atoms with van der Waals surface area (Å²) in [7, 11) is -2.49. The number of sulfonamides is 1. The van der Waals surface area contributed by atoms with E-state index in [4.69, 9.17) is 27.9 Å². The number of anilines is 1. The number of carbonyl (C=O) groups is 2. The zero-order valence-corrected chi connectivity index (χ0v) is 23.5. The highest BCUT2D eigenvalue weighted by Gasteiger charge is 2.31. The Hall–Kier alpha value is -2.75. The molecule has 0 radical (unpaired) electrons. The number of fused-ring (bicyclic) bond motifs is 1. The highest BCUT2D eigenvalue weighted by Crippen LogP contribution is 2.32. The van der Waals surface area contributed by atoms with Crippen molar-refractivity contribution in [2.45, 2.75) is 44.1 Å². The van der Waals surface area contributed by atoms with Gasteiger partial charge < -0.3 is 14.2 Å². The molecule has 3 aromatic rings. The van der Waals surface area contributed by atoms with Gasteiger partial charge in [-0.05, 0) is 70.0 Å². The Morgan fingerprint density at radius 3 is 2.24 bits per heavy atom. The standard InChI is InChI=1S/C26H29Cl2N3O5S/c1-26(2,3)36-24(32)16-31(37(34,35)20-12-17(27)11-18(28)13-20)19-7-8-21-22(15-29(4)23(21)14-19)25(33)30-9-5-6-10-30/h7-8,11-15H,5-6,9-10,16H2,1-4H3. The summed E-state index contributed by atoms with van der Waals surface area (Å²) in [5.74, 6) is -0.774. The maximum atomic E-state index is 13.8. The fourth-order valence-electron chi connectivity index (χ4n) is 4.40. The van der Waals surface area contributed by atoms with Gasteiger partial charge in [-0.2, -0.15) is 0 Å². The molecule has 0 spiro atoms. The molecule has 0 bridgehead atoms. The Kier molecular flexibility index (Phi) is 7.52. The Balaban J connectivity index is 1.80. The number of halogens is 2. The van der Waals surface area contributed by atoms with Gasteiger partial charge in [0, 0.05) is 41.8 Å². The molecule has 8 nitrogen and oxygen atoms in total. The number of aryl methyl sites for hydroxylation is 1. The molecule has 198 valence electrons. The van der Waals surface area contributed by atoms with Gasteiger partial charge in [-0.3, -0.25) is 13.9 Å². The van der Waals surface area contributed by atoms with Gasteiger partial charge >= 0.3 is 5.97 Å². The molecule has 1 aliphatic rings. The molecule has 1 amide bonds. The van der Waals surface area contributed by atoms with Crippen LogP contribution in [0.1, 0.15) is 44.0 Å². The highest BCUT2D eigenvalue weighted by molar-refractivity contribution is 7.92. The molecule has 1 fully saturated rings. The predicted octanol–water partition coefficient (Wildman–Crippen LogP) is 5.26. The summed E-state index contributed by atoms with van der Waals surface area (Å²) in [5, 5.41) is 0.987. The molecule has 37 heavy (non-hydrogen) atoms. The zero-order chi connectivity index (χ0) is 27.1. The minimum absolute atomic E-state index is 0.0531. The van der Waals surface area contributed by atoms with Crippen LogP contribution in [0.15, 0.2) is 47.5 Å². The first-order valence-corrected chi connectivity index (χ1v) is 14.0. The third-order valence-electron chi connectivity index (χ3n) is 6.00. The summed E-state index contributed by atoms with van der Waals surface area (Å²) in [4.78, 5) is 27.6. The number of amides is 1. The topological polar surface area (TPSA) is 88.9 Å². The summed E-state index contributed by atoms with van der Waals surface area (Å²) >= 11 is 12.2. The van der Waals surface area contributed by atoms with Gasteiger partial charge in [0.2, 0.25) is 0 Å². The monoisotopic (exact) mass is 565 g/mol. The summed E-state index contributed by atoms with van der Waals surface area (Å²) in [6, 6.07) is 8.91. The molecule has 0 atom stereocenters. The molecule has 11 heteroatoms. The Bertz CT molecular complexity index is 1450. The Morgan fingerprint density at radius 2 is 1.65 bits per heavy atom. The molecule has 2 heterocycles. The van der Waals surface area contributed by atoms with Crippen LogP contribution >= 0.6 is 23.2 Å². The van der Waals surface area contributed by atoms with E-state index >= 15 is 0 Å². The third-order valence-corrected chi connectivity index (χ3v) is 8.19. The summed E-state index contributed by atoms with van der Waals surface area (Å²) < 4.78 is 35.7. The van der Waals surface area contributed by atoms with E-state index in [-0.39, 0.29) is 26.5 Å². The number of ether oxygens (including phenoxy) is 1. The van der Waals surface area contributed by atoms with Crippen LogP contribution in [0.25, 0.3) is 10.9 Å². The van der Waals surface area contributed by atoms with Crippen LogP contribution in [0, 0.1) is 0 Å². The van der Waals surface area contributed by atoms with Crippen molar-refractivity contribution in [3.8, 4) is 0 Å². The van der Waals surface area contributed by atoms with Gasteiger partial charge in [0.25, 0.3) is 15.9 Å². The molecule has 4 rings (SSSR count). The third kappa shape index (κ3) is 5.89. The number of aromatic nitrogens is 1. The van der Waals surface area contributed by atoms with E-state index in [1.165, 1.54) is 18.2 Å². The molecule has 1 aliphatic heterocycles. The minimum atomic E-state index is -4.27. The normalized spacial score (nSPS) is 14.3. The second-order valence-corrected chi connectivity index (χ2v) is 12.8. The first kappa shape index (κ1) is 27.3. The lowest BCUT2D eigenvalue weighted by atomic mass is 10.1. The predicted molar refractivity (Wildman–Crippen MR) is 145 cm³/mol. The molecule has 0 unspecified atom stereocenters. The maximum Gasteiger partial charge on any atom is 0.327 e. The minimum Gasteiger partial charge on any atom is -0.459 e. The van der Waals surface area contributed by atoms with Crippen molar-refractivity contribution in [3.05, 3.63) is 58.2 Å². The number of hydrogen-bond acceptors (Lipinski definition) is 5. The molecular formula is C26H29Cl2N3O5S. The van der Waals surface area contributed by atoms with E-state index in [1.807, 2.05) is 4.90 Å². The van der Waals surface area contributed by atoms with Crippen LogP contribution in [-0.2, 0) is 26.6 Å². The number of rotatable bonds is 6. The van der Waals surface area contributed by atoms with Crippen molar-refractivity contribution in [2.24, 2.45) is 7.05 Å². The maximum absolute atomic E-state index is 13.8. The van der Waals surface area contributed by atoms with Gasteiger partial charge in [-0.1, -0.05) is 23.2 Å². The smallest absolute Gasteiger partial charge is 0.327 e. The summed E-state index contributed by atoms with van der Waals surface area (Å²) in [6.07, 6.45) is 3.70. The number of nitrogens with zero attached hydrogens (tertiary/aromatic N) is 3. The van der Waals surface area contributed by atoms with Crippen molar-refractivity contribution >= 4 is 61.7 Å². The van der Waals surface area contributed by atoms with E-state index in [2.05, 4.69) is 0 Å². The van der Waals surface area contributed by atoms with Crippen molar-refractivity contribution < 1.29 is 22.7 Å². The number of hydrogen-bond donors (Lipinski definition) is 0. The Labute approximate surface area is 226 Å². The lowest BCUT2D eigenvalue weighted by Crippen LogP contribution is -2.39. The molecule has 0 N–H and O–H groups in total. The lowest BCUT2D eigenvalue weighted by molar-refractivity contribution is -0.152. The van der Waals surface area contributed by atoms with Crippen LogP contribution in [0.2, 0.25) is 10.0 Å². The van der Waals surface area contributed by atoms with Crippen molar-refractivity contribution in [3.63, 3.8) is 0 Å². The quantitative estimate of drug-likeness (QED) is 0.380. The Morgan fingerprint density at radius 1 is 1.03 bits per heavy atom. The lowest BCUT2D eigenvalue weighted by Gasteiger charge is -2.26. The van der Waals surface area contributed by atoms with Crippen LogP contribution in [0.5, 0.6) is 0 Å². The van der Waals surface area contributed by atoms with Gasteiger partial charge in [-0.25, -0.2) is 8.42 Å². The number of carbonyl (C=O) groups excluding carboxylic acids is 2. The van der Waals surface area contributed by atoms with E-state index in [9.17, 15) is 18.0 Å². The highest BCUT2D eigenvalue weighted by atomic mass is 35.5. The van der Waals surface area contributed by atoms with Crippen LogP contribution in [0.3, 0.4) is 0 Å². The first-order chi connectivity index (χ1) is 17.3. The fourth-order valence-corrected chi connectivity index (χ4v) is 6.53. The first-order valence-electron chi connectivity index (χ1n) is 11.9. The second kappa shape index (κ2) is 10.2. The van der Waals surface area contributed by atoms with Crippen LogP contribution in [0.4, 0.5) is 5.69 Å². The second-order valence-electron chi connectivity index (χ2n) is 10.1. The molecule has 1 saturated heterocycles. The van der Waals surface area contributed by atoms with Crippen LogP contribution in [-0.4, -0.2) is 55.0 Å². The molecular weight excluding hydrogens is 537 g/mol. The SMILES string of the molecule is Cn1cc(C(=O)N2CCCC2)c2ccc(N(CC(=O)OC(C)(C)C)S(=O)(=O)c3cc(Cl)cc(Cl)c3)cc21.